The minimum Gasteiger partial charge on any atom is -0.423 e. The Labute approximate surface area is 186 Å². The number of carbonyl (C=O) groups excluding carboxylic acids is 1. The summed E-state index contributed by atoms with van der Waals surface area (Å²) >= 11 is 0. The molecule has 4 N–H and O–H groups in total. The number of nitrogens with zero attached hydrogens (tertiary/aromatic N) is 5. The number of anilines is 2. The average molecular weight is 460 g/mol. The molecular formula is C20H20BF3N6O3. The number of amides is 1. The number of hydrogen-bond acceptors (Lipinski definition) is 7. The molecule has 1 amide bonds. The zero-order valence-corrected chi connectivity index (χ0v) is 17.5. The number of aromatic nitrogens is 4. The van der Waals surface area contributed by atoms with Gasteiger partial charge < -0.3 is 20.7 Å². The van der Waals surface area contributed by atoms with Gasteiger partial charge in [-0.3, -0.25) is 9.48 Å². The first kappa shape index (κ1) is 22.7. The number of hydrogen-bond donors (Lipinski definition) is 3. The van der Waals surface area contributed by atoms with Crippen LogP contribution in [0.3, 0.4) is 0 Å². The van der Waals surface area contributed by atoms with E-state index in [0.29, 0.717) is 11.4 Å². The average Bonchev–Trinajstić information content (AvgIpc) is 3.52. The normalized spacial score (nSPS) is 13.8. The quantitative estimate of drug-likeness (QED) is 0.373. The lowest BCUT2D eigenvalue weighted by Crippen LogP contribution is -2.34. The van der Waals surface area contributed by atoms with Crippen LogP contribution < -0.4 is 16.1 Å². The Kier molecular flexibility index (Phi) is 5.85. The Morgan fingerprint density at radius 2 is 1.94 bits per heavy atom. The van der Waals surface area contributed by atoms with E-state index in [-0.39, 0.29) is 29.2 Å². The summed E-state index contributed by atoms with van der Waals surface area (Å²) in [6.07, 6.45) is 0.840. The molecule has 2 aromatic heterocycles. The van der Waals surface area contributed by atoms with Gasteiger partial charge in [0.05, 0.1) is 17.8 Å². The number of nitrogens with two attached hydrogens (primary N) is 1. The van der Waals surface area contributed by atoms with Crippen LogP contribution in [0.4, 0.5) is 24.5 Å². The van der Waals surface area contributed by atoms with Gasteiger partial charge in [-0.1, -0.05) is 12.1 Å². The fourth-order valence-electron chi connectivity index (χ4n) is 3.44. The van der Waals surface area contributed by atoms with E-state index in [2.05, 4.69) is 15.1 Å². The Balaban J connectivity index is 1.74. The van der Waals surface area contributed by atoms with Crippen molar-refractivity contribution in [2.45, 2.75) is 31.5 Å². The SMILES string of the molecule is Cn1cc(N(Cc2ccc(B(O)O)c(N)c2)C(=O)c2cnc(C3CC3)nc2)c(C(F)(F)F)n1. The molecule has 0 bridgehead atoms. The van der Waals surface area contributed by atoms with Crippen LogP contribution in [-0.2, 0) is 19.8 Å². The number of aryl methyl sites for hydroxylation is 1. The Morgan fingerprint density at radius 3 is 2.48 bits per heavy atom. The number of rotatable bonds is 6. The van der Waals surface area contributed by atoms with Crippen LogP contribution in [0.15, 0.2) is 36.8 Å². The third kappa shape index (κ3) is 4.83. The maximum Gasteiger partial charge on any atom is 0.490 e. The second-order valence-electron chi connectivity index (χ2n) is 7.87. The second kappa shape index (κ2) is 8.48. The van der Waals surface area contributed by atoms with Crippen LogP contribution in [-0.4, -0.2) is 42.8 Å². The van der Waals surface area contributed by atoms with E-state index in [4.69, 9.17) is 5.73 Å². The number of alkyl halides is 3. The lowest BCUT2D eigenvalue weighted by molar-refractivity contribution is -0.140. The molecule has 0 spiro atoms. The molecule has 1 fully saturated rings. The first-order chi connectivity index (χ1) is 15.5. The number of nitrogen functional groups attached to an aromatic ring is 1. The van der Waals surface area contributed by atoms with Crippen LogP contribution in [0.25, 0.3) is 0 Å². The first-order valence-corrected chi connectivity index (χ1v) is 10.0. The molecule has 2 heterocycles. The van der Waals surface area contributed by atoms with Gasteiger partial charge in [-0.25, -0.2) is 9.97 Å². The van der Waals surface area contributed by atoms with Crippen LogP contribution in [0.1, 0.15) is 46.2 Å². The van der Waals surface area contributed by atoms with Gasteiger partial charge in [0.1, 0.15) is 5.82 Å². The van der Waals surface area contributed by atoms with Crippen molar-refractivity contribution >= 4 is 29.9 Å². The third-order valence-corrected chi connectivity index (χ3v) is 5.25. The van der Waals surface area contributed by atoms with Crippen LogP contribution >= 0.6 is 0 Å². The highest BCUT2D eigenvalue weighted by atomic mass is 19.4. The standard InChI is InChI=1S/C20H20BF3N6O3/c1-29-10-16(17(28-29)20(22,23)24)30(9-11-2-5-14(21(32)33)15(25)6-11)19(31)13-7-26-18(27-8-13)12-3-4-12/h2,5-8,10,12,32-33H,3-4,9,25H2,1H3. The van der Waals surface area contributed by atoms with E-state index in [0.717, 1.165) is 28.6 Å². The highest BCUT2D eigenvalue weighted by molar-refractivity contribution is 6.60. The highest BCUT2D eigenvalue weighted by Gasteiger charge is 2.40. The van der Waals surface area contributed by atoms with E-state index in [1.165, 1.54) is 37.6 Å². The van der Waals surface area contributed by atoms with Crippen LogP contribution in [0.2, 0.25) is 0 Å². The molecule has 0 saturated heterocycles. The number of benzene rings is 1. The highest BCUT2D eigenvalue weighted by Crippen LogP contribution is 2.38. The summed E-state index contributed by atoms with van der Waals surface area (Å²) in [7, 11) is -0.487. The number of halogens is 3. The maximum atomic E-state index is 13.7. The molecule has 0 unspecified atom stereocenters. The van der Waals surface area contributed by atoms with E-state index in [1.54, 1.807) is 0 Å². The molecule has 33 heavy (non-hydrogen) atoms. The van der Waals surface area contributed by atoms with Crippen molar-refractivity contribution in [2.75, 3.05) is 10.6 Å². The summed E-state index contributed by atoms with van der Waals surface area (Å²) < 4.78 is 42.0. The predicted octanol–water partition coefficient (Wildman–Crippen LogP) is 1.22. The molecule has 4 rings (SSSR count). The summed E-state index contributed by atoms with van der Waals surface area (Å²) in [4.78, 5) is 22.6. The number of carbonyl (C=O) groups is 1. The molecule has 0 atom stereocenters. The summed E-state index contributed by atoms with van der Waals surface area (Å²) in [5.74, 6) is 0.103. The zero-order chi connectivity index (χ0) is 23.9. The van der Waals surface area contributed by atoms with E-state index >= 15 is 0 Å². The minimum atomic E-state index is -4.80. The first-order valence-electron chi connectivity index (χ1n) is 10.0. The molecule has 1 saturated carbocycles. The van der Waals surface area contributed by atoms with Crippen molar-refractivity contribution in [3.05, 3.63) is 59.4 Å². The lowest BCUT2D eigenvalue weighted by atomic mass is 9.78. The van der Waals surface area contributed by atoms with Crippen molar-refractivity contribution in [3.63, 3.8) is 0 Å². The fourth-order valence-corrected chi connectivity index (χ4v) is 3.44. The smallest absolute Gasteiger partial charge is 0.423 e. The lowest BCUT2D eigenvalue weighted by Gasteiger charge is -2.23. The van der Waals surface area contributed by atoms with Crippen LogP contribution in [0, 0.1) is 0 Å². The van der Waals surface area contributed by atoms with Crippen LogP contribution in [0.5, 0.6) is 0 Å². The topological polar surface area (TPSA) is 130 Å². The van der Waals surface area contributed by atoms with E-state index in [1.807, 2.05) is 0 Å². The van der Waals surface area contributed by atoms with Crippen molar-refractivity contribution in [1.82, 2.24) is 19.7 Å². The molecule has 9 nitrogen and oxygen atoms in total. The molecule has 0 aliphatic heterocycles. The molecule has 172 valence electrons. The largest absolute Gasteiger partial charge is 0.490 e. The monoisotopic (exact) mass is 460 g/mol. The summed E-state index contributed by atoms with van der Waals surface area (Å²) in [6, 6.07) is 4.15. The van der Waals surface area contributed by atoms with E-state index in [9.17, 15) is 28.0 Å². The van der Waals surface area contributed by atoms with Crippen molar-refractivity contribution in [3.8, 4) is 0 Å². The Hall–Kier alpha value is -3.45. The molecular weight excluding hydrogens is 440 g/mol. The third-order valence-electron chi connectivity index (χ3n) is 5.25. The molecule has 1 aliphatic rings. The zero-order valence-electron chi connectivity index (χ0n) is 17.5. The van der Waals surface area contributed by atoms with Gasteiger partial charge in [-0.2, -0.15) is 18.3 Å². The Bertz CT molecular complexity index is 1180. The second-order valence-corrected chi connectivity index (χ2v) is 7.87. The fraction of sp³-hybridized carbons (Fsp3) is 0.300. The van der Waals surface area contributed by atoms with Crippen molar-refractivity contribution in [1.29, 1.82) is 0 Å². The van der Waals surface area contributed by atoms with Gasteiger partial charge in [-0.15, -0.1) is 0 Å². The van der Waals surface area contributed by atoms with Gasteiger partial charge in [0.15, 0.2) is 5.69 Å². The molecule has 0 radical (unpaired) electrons. The predicted molar refractivity (Wildman–Crippen MR) is 113 cm³/mol. The molecule has 3 aromatic rings. The maximum absolute atomic E-state index is 13.7. The summed E-state index contributed by atoms with van der Waals surface area (Å²) in [5, 5.41) is 22.2. The van der Waals surface area contributed by atoms with Crippen molar-refractivity contribution in [2.24, 2.45) is 7.05 Å². The molecule has 1 aliphatic carbocycles. The van der Waals surface area contributed by atoms with Gasteiger partial charge in [0.2, 0.25) is 0 Å². The van der Waals surface area contributed by atoms with Gasteiger partial charge >= 0.3 is 13.3 Å². The van der Waals surface area contributed by atoms with Gasteiger partial charge in [-0.05, 0) is 24.5 Å². The van der Waals surface area contributed by atoms with Gasteiger partial charge in [0.25, 0.3) is 5.91 Å². The molecule has 13 heteroatoms. The molecule has 1 aromatic carbocycles. The minimum absolute atomic E-state index is 0.0201. The summed E-state index contributed by atoms with van der Waals surface area (Å²) in [6.45, 7) is -0.288. The Morgan fingerprint density at radius 1 is 1.27 bits per heavy atom. The summed E-state index contributed by atoms with van der Waals surface area (Å²) in [5.41, 5.74) is 4.64. The van der Waals surface area contributed by atoms with Gasteiger partial charge in [0, 0.05) is 42.7 Å². The van der Waals surface area contributed by atoms with Crippen molar-refractivity contribution < 1.29 is 28.0 Å². The van der Waals surface area contributed by atoms with E-state index < -0.39 is 30.6 Å².